The first-order valence-corrected chi connectivity index (χ1v) is 9.87. The molecule has 0 radical (unpaired) electrons. The Bertz CT molecular complexity index is 510. The van der Waals surface area contributed by atoms with Crippen LogP contribution < -0.4 is 4.72 Å². The van der Waals surface area contributed by atoms with Crippen molar-refractivity contribution in [1.29, 1.82) is 0 Å². The Balaban J connectivity index is 1.81. The van der Waals surface area contributed by atoms with Crippen LogP contribution >= 0.6 is 0 Å². The highest BCUT2D eigenvalue weighted by Gasteiger charge is 2.31. The molecular weight excluding hydrogens is 320 g/mol. The van der Waals surface area contributed by atoms with Gasteiger partial charge in [-0.05, 0) is 39.5 Å². The van der Waals surface area contributed by atoms with E-state index in [1.807, 2.05) is 0 Å². The summed E-state index contributed by atoms with van der Waals surface area (Å²) >= 11 is 0. The van der Waals surface area contributed by atoms with Crippen LogP contribution in [0.25, 0.3) is 0 Å². The number of carbonyl (C=O) groups excluding carboxylic acids is 1. The summed E-state index contributed by atoms with van der Waals surface area (Å²) in [6, 6.07) is 0. The lowest BCUT2D eigenvalue weighted by Crippen LogP contribution is -2.50. The molecule has 2 rings (SSSR count). The second-order valence-electron chi connectivity index (χ2n) is 7.35. The molecule has 1 N–H and O–H groups in total. The van der Waals surface area contributed by atoms with Gasteiger partial charge in [-0.3, -0.25) is 0 Å². The lowest BCUT2D eigenvalue weighted by Gasteiger charge is -2.34. The van der Waals surface area contributed by atoms with E-state index in [1.54, 1.807) is 20.8 Å². The van der Waals surface area contributed by atoms with Gasteiger partial charge in [-0.2, -0.15) is 0 Å². The van der Waals surface area contributed by atoms with Gasteiger partial charge in [0.2, 0.25) is 10.0 Å². The number of morpholine rings is 1. The first-order valence-electron chi connectivity index (χ1n) is 8.21. The Labute approximate surface area is 138 Å². The van der Waals surface area contributed by atoms with Gasteiger partial charge in [0, 0.05) is 13.1 Å². The molecule has 1 aliphatic carbocycles. The predicted molar refractivity (Wildman–Crippen MR) is 86.7 cm³/mol. The fraction of sp³-hybridized carbons (Fsp3) is 0.933. The van der Waals surface area contributed by atoms with Crippen molar-refractivity contribution >= 4 is 16.1 Å². The molecule has 1 atom stereocenters. The van der Waals surface area contributed by atoms with Gasteiger partial charge in [0.05, 0.1) is 25.0 Å². The molecule has 0 unspecified atom stereocenters. The largest absolute Gasteiger partial charge is 0.444 e. The van der Waals surface area contributed by atoms with Crippen LogP contribution in [0.3, 0.4) is 0 Å². The zero-order chi connectivity index (χ0) is 17.1. The maximum atomic E-state index is 12.1. The van der Waals surface area contributed by atoms with Gasteiger partial charge in [-0.1, -0.05) is 6.42 Å². The number of hydrogen-bond acceptors (Lipinski definition) is 5. The highest BCUT2D eigenvalue weighted by atomic mass is 32.2. The fourth-order valence-corrected chi connectivity index (χ4v) is 3.86. The van der Waals surface area contributed by atoms with Crippen molar-refractivity contribution in [3.63, 3.8) is 0 Å². The minimum absolute atomic E-state index is 0.126. The predicted octanol–water partition coefficient (Wildman–Crippen LogP) is 1.34. The van der Waals surface area contributed by atoms with E-state index in [-0.39, 0.29) is 12.3 Å². The molecule has 0 spiro atoms. The third kappa shape index (κ3) is 6.27. The first kappa shape index (κ1) is 18.5. The van der Waals surface area contributed by atoms with Crippen LogP contribution in [-0.2, 0) is 19.5 Å². The third-order valence-corrected chi connectivity index (χ3v) is 5.43. The van der Waals surface area contributed by atoms with E-state index >= 15 is 0 Å². The van der Waals surface area contributed by atoms with Crippen LogP contribution in [0.4, 0.5) is 4.79 Å². The van der Waals surface area contributed by atoms with Crippen molar-refractivity contribution in [3.8, 4) is 0 Å². The van der Waals surface area contributed by atoms with Gasteiger partial charge < -0.3 is 14.4 Å². The standard InChI is InChI=1S/C15H28N2O5S/c1-15(2,3)22-14(18)17-7-8-21-13(10-17)11-23(19,20)16-9-12-5-4-6-12/h12-13,16H,4-11H2,1-3H3/t13-/m0/s1. The van der Waals surface area contributed by atoms with E-state index in [0.717, 1.165) is 12.8 Å². The second kappa shape index (κ2) is 7.36. The minimum atomic E-state index is -3.39. The molecule has 134 valence electrons. The number of nitrogens with one attached hydrogen (secondary N) is 1. The summed E-state index contributed by atoms with van der Waals surface area (Å²) in [7, 11) is -3.39. The molecule has 23 heavy (non-hydrogen) atoms. The molecular formula is C15H28N2O5S. The third-order valence-electron chi connectivity index (χ3n) is 4.01. The van der Waals surface area contributed by atoms with Crippen LogP contribution in [0.2, 0.25) is 0 Å². The zero-order valence-electron chi connectivity index (χ0n) is 14.2. The van der Waals surface area contributed by atoms with Crippen LogP contribution in [0.1, 0.15) is 40.0 Å². The van der Waals surface area contributed by atoms with Crippen LogP contribution in [0.15, 0.2) is 0 Å². The smallest absolute Gasteiger partial charge is 0.410 e. The molecule has 1 saturated carbocycles. The van der Waals surface area contributed by atoms with E-state index < -0.39 is 27.8 Å². The number of carbonyl (C=O) groups is 1. The van der Waals surface area contributed by atoms with Crippen molar-refractivity contribution < 1.29 is 22.7 Å². The number of amides is 1. The van der Waals surface area contributed by atoms with Gasteiger partial charge in [-0.15, -0.1) is 0 Å². The summed E-state index contributed by atoms with van der Waals surface area (Å²) in [5, 5.41) is 0. The molecule has 0 aromatic carbocycles. The maximum absolute atomic E-state index is 12.1. The quantitative estimate of drug-likeness (QED) is 0.810. The SMILES string of the molecule is CC(C)(C)OC(=O)N1CCO[C@H](CS(=O)(=O)NCC2CCC2)C1. The molecule has 1 aliphatic heterocycles. The van der Waals surface area contributed by atoms with Crippen molar-refractivity contribution in [2.24, 2.45) is 5.92 Å². The molecule has 8 heteroatoms. The molecule has 1 heterocycles. The van der Waals surface area contributed by atoms with Gasteiger partial charge in [0.25, 0.3) is 0 Å². The van der Waals surface area contributed by atoms with E-state index in [9.17, 15) is 13.2 Å². The van der Waals surface area contributed by atoms with Crippen LogP contribution in [0, 0.1) is 5.92 Å². The zero-order valence-corrected chi connectivity index (χ0v) is 15.0. The summed E-state index contributed by atoms with van der Waals surface area (Å²) in [5.41, 5.74) is -0.568. The summed E-state index contributed by atoms with van der Waals surface area (Å²) in [6.07, 6.45) is 2.42. The molecule has 1 saturated heterocycles. The van der Waals surface area contributed by atoms with Crippen LogP contribution in [0.5, 0.6) is 0 Å². The van der Waals surface area contributed by atoms with Gasteiger partial charge in [-0.25, -0.2) is 17.9 Å². The van der Waals surface area contributed by atoms with E-state index in [1.165, 1.54) is 11.3 Å². The first-order chi connectivity index (χ1) is 10.6. The molecule has 0 aromatic rings. The maximum Gasteiger partial charge on any atom is 0.410 e. The van der Waals surface area contributed by atoms with Crippen molar-refractivity contribution in [2.45, 2.75) is 51.7 Å². The number of nitrogens with zero attached hydrogens (tertiary/aromatic N) is 1. The molecule has 0 aromatic heterocycles. The Morgan fingerprint density at radius 2 is 2.04 bits per heavy atom. The summed E-state index contributed by atoms with van der Waals surface area (Å²) in [5.74, 6) is 0.342. The minimum Gasteiger partial charge on any atom is -0.444 e. The van der Waals surface area contributed by atoms with Gasteiger partial charge in [0.1, 0.15) is 5.60 Å². The fourth-order valence-electron chi connectivity index (χ4n) is 2.56. The number of hydrogen-bond donors (Lipinski definition) is 1. The van der Waals surface area contributed by atoms with E-state index in [0.29, 0.717) is 25.6 Å². The van der Waals surface area contributed by atoms with Crippen molar-refractivity contribution in [3.05, 3.63) is 0 Å². The van der Waals surface area contributed by atoms with Crippen molar-refractivity contribution in [1.82, 2.24) is 9.62 Å². The Morgan fingerprint density at radius 3 is 2.61 bits per heavy atom. The summed E-state index contributed by atoms with van der Waals surface area (Å²) < 4.78 is 37.7. The van der Waals surface area contributed by atoms with E-state index in [2.05, 4.69) is 4.72 Å². The van der Waals surface area contributed by atoms with E-state index in [4.69, 9.17) is 9.47 Å². The second-order valence-corrected chi connectivity index (χ2v) is 9.20. The number of rotatable bonds is 5. The molecule has 2 aliphatic rings. The topological polar surface area (TPSA) is 84.9 Å². The molecule has 2 fully saturated rings. The Hall–Kier alpha value is -0.860. The average Bonchev–Trinajstić information content (AvgIpc) is 2.34. The summed E-state index contributed by atoms with van der Waals surface area (Å²) in [4.78, 5) is 13.6. The molecule has 0 bridgehead atoms. The Morgan fingerprint density at radius 1 is 1.35 bits per heavy atom. The highest BCUT2D eigenvalue weighted by Crippen LogP contribution is 2.25. The van der Waals surface area contributed by atoms with Crippen LogP contribution in [-0.4, -0.2) is 63.1 Å². The normalized spacial score (nSPS) is 23.4. The lowest BCUT2D eigenvalue weighted by molar-refractivity contribution is -0.0343. The highest BCUT2D eigenvalue weighted by molar-refractivity contribution is 7.89. The number of ether oxygens (including phenoxy) is 2. The average molecular weight is 348 g/mol. The Kier molecular flexibility index (Phi) is 5.91. The van der Waals surface area contributed by atoms with Gasteiger partial charge >= 0.3 is 6.09 Å². The lowest BCUT2D eigenvalue weighted by atomic mass is 9.86. The van der Waals surface area contributed by atoms with Crippen molar-refractivity contribution in [2.75, 3.05) is 32.0 Å². The molecule has 7 nitrogen and oxygen atoms in total. The summed E-state index contributed by atoms with van der Waals surface area (Å²) in [6.45, 7) is 6.89. The molecule has 1 amide bonds. The number of sulfonamides is 1. The van der Waals surface area contributed by atoms with Gasteiger partial charge in [0.15, 0.2) is 0 Å². The monoisotopic (exact) mass is 348 g/mol.